The molecule has 0 radical (unpaired) electrons. The molecule has 0 unspecified atom stereocenters. The molecule has 10 heteroatoms. The molecule has 1 saturated heterocycles. The van der Waals surface area contributed by atoms with Gasteiger partial charge in [0.05, 0.1) is 19.3 Å². The third kappa shape index (κ3) is 5.15. The minimum Gasteiger partial charge on any atom is -0.497 e. The van der Waals surface area contributed by atoms with Gasteiger partial charge in [0, 0.05) is 32.7 Å². The summed E-state index contributed by atoms with van der Waals surface area (Å²) >= 11 is 0. The van der Waals surface area contributed by atoms with Crippen molar-refractivity contribution in [1.82, 2.24) is 35.3 Å². The Labute approximate surface area is 179 Å². The van der Waals surface area contributed by atoms with Crippen molar-refractivity contribution in [3.05, 3.63) is 65.7 Å². The molecule has 9 nitrogen and oxygen atoms in total. The van der Waals surface area contributed by atoms with Crippen LogP contribution in [0.3, 0.4) is 0 Å². The number of amides is 2. The molecule has 2 amide bonds. The van der Waals surface area contributed by atoms with E-state index in [1.807, 2.05) is 24.3 Å². The molecular weight excluding hydrogens is 401 g/mol. The van der Waals surface area contributed by atoms with Crippen LogP contribution in [0.15, 0.2) is 48.5 Å². The highest BCUT2D eigenvalue weighted by molar-refractivity contribution is 5.74. The summed E-state index contributed by atoms with van der Waals surface area (Å²) in [6.45, 7) is 3.60. The zero-order valence-corrected chi connectivity index (χ0v) is 17.2. The lowest BCUT2D eigenvalue weighted by Crippen LogP contribution is -2.51. The van der Waals surface area contributed by atoms with Crippen molar-refractivity contribution in [2.24, 2.45) is 0 Å². The number of tetrazole rings is 1. The molecule has 1 aliphatic rings. The van der Waals surface area contributed by atoms with Crippen molar-refractivity contribution in [3.8, 4) is 11.4 Å². The number of urea groups is 1. The Bertz CT molecular complexity index is 1020. The van der Waals surface area contributed by atoms with Gasteiger partial charge in [-0.25, -0.2) is 9.18 Å². The number of benzene rings is 2. The van der Waals surface area contributed by atoms with Crippen LogP contribution < -0.4 is 10.1 Å². The second kappa shape index (κ2) is 9.52. The standard InChI is InChI=1S/C21H24FN7O2/c1-31-19-7-5-16(6-8-19)14-23-21(30)28-11-9-27(10-12-28)15-20-24-25-26-29(20)18-4-2-3-17(22)13-18/h2-8,13H,9-12,14-15H2,1H3,(H,23,30). The lowest BCUT2D eigenvalue weighted by Gasteiger charge is -2.34. The number of methoxy groups -OCH3 is 1. The third-order valence-corrected chi connectivity index (χ3v) is 5.21. The van der Waals surface area contributed by atoms with Gasteiger partial charge in [-0.15, -0.1) is 5.10 Å². The summed E-state index contributed by atoms with van der Waals surface area (Å²) in [5.74, 6) is 1.07. The number of nitrogens with zero attached hydrogens (tertiary/aromatic N) is 6. The molecule has 0 bridgehead atoms. The first-order valence-corrected chi connectivity index (χ1v) is 10.0. The van der Waals surface area contributed by atoms with Crippen LogP contribution in [0.5, 0.6) is 5.75 Å². The highest BCUT2D eigenvalue weighted by atomic mass is 19.1. The number of nitrogens with one attached hydrogen (secondary N) is 1. The van der Waals surface area contributed by atoms with Gasteiger partial charge in [-0.05, 0) is 46.3 Å². The molecule has 1 fully saturated rings. The molecule has 0 atom stereocenters. The third-order valence-electron chi connectivity index (χ3n) is 5.21. The Kier molecular flexibility index (Phi) is 6.37. The Balaban J connectivity index is 1.27. The minimum absolute atomic E-state index is 0.0833. The quantitative estimate of drug-likeness (QED) is 0.648. The maximum atomic E-state index is 13.5. The summed E-state index contributed by atoms with van der Waals surface area (Å²) in [5, 5.41) is 14.8. The van der Waals surface area contributed by atoms with Crippen LogP contribution in [0.2, 0.25) is 0 Å². The number of aromatic nitrogens is 4. The van der Waals surface area contributed by atoms with Crippen LogP contribution in [0, 0.1) is 5.82 Å². The summed E-state index contributed by atoms with van der Waals surface area (Å²) in [6, 6.07) is 13.7. The molecule has 2 heterocycles. The van der Waals surface area contributed by atoms with Crippen LogP contribution in [-0.4, -0.2) is 69.3 Å². The zero-order valence-electron chi connectivity index (χ0n) is 17.2. The van der Waals surface area contributed by atoms with E-state index in [1.165, 1.54) is 16.8 Å². The van der Waals surface area contributed by atoms with Gasteiger partial charge in [0.15, 0.2) is 5.82 Å². The molecule has 1 aromatic heterocycles. The Morgan fingerprint density at radius 2 is 1.90 bits per heavy atom. The molecule has 31 heavy (non-hydrogen) atoms. The fourth-order valence-electron chi connectivity index (χ4n) is 3.45. The summed E-state index contributed by atoms with van der Waals surface area (Å²) in [5.41, 5.74) is 1.59. The number of carbonyl (C=O) groups excluding carboxylic acids is 1. The number of halogens is 1. The molecule has 3 aromatic rings. The summed E-state index contributed by atoms with van der Waals surface area (Å²) in [7, 11) is 1.62. The lowest BCUT2D eigenvalue weighted by atomic mass is 10.2. The van der Waals surface area contributed by atoms with E-state index in [0.717, 1.165) is 11.3 Å². The zero-order chi connectivity index (χ0) is 21.6. The van der Waals surface area contributed by atoms with E-state index in [4.69, 9.17) is 4.74 Å². The molecule has 0 aliphatic carbocycles. The molecule has 0 spiro atoms. The van der Waals surface area contributed by atoms with Crippen molar-refractivity contribution < 1.29 is 13.9 Å². The van der Waals surface area contributed by atoms with Crippen LogP contribution in [-0.2, 0) is 13.1 Å². The fraction of sp³-hybridized carbons (Fsp3) is 0.333. The van der Waals surface area contributed by atoms with E-state index >= 15 is 0 Å². The van der Waals surface area contributed by atoms with Gasteiger partial charge in [-0.2, -0.15) is 4.68 Å². The van der Waals surface area contributed by atoms with Crippen molar-refractivity contribution in [1.29, 1.82) is 0 Å². The summed E-state index contributed by atoms with van der Waals surface area (Å²) in [6.07, 6.45) is 0. The fourth-order valence-corrected chi connectivity index (χ4v) is 3.45. The van der Waals surface area contributed by atoms with Crippen LogP contribution >= 0.6 is 0 Å². The number of hydrogen-bond acceptors (Lipinski definition) is 6. The van der Waals surface area contributed by atoms with Gasteiger partial charge in [-0.1, -0.05) is 18.2 Å². The van der Waals surface area contributed by atoms with E-state index in [-0.39, 0.29) is 11.8 Å². The number of piperazine rings is 1. The molecular formula is C21H24FN7O2. The van der Waals surface area contributed by atoms with Gasteiger partial charge >= 0.3 is 6.03 Å². The van der Waals surface area contributed by atoms with E-state index in [2.05, 4.69) is 25.7 Å². The summed E-state index contributed by atoms with van der Waals surface area (Å²) < 4.78 is 20.2. The van der Waals surface area contributed by atoms with E-state index in [0.29, 0.717) is 50.8 Å². The van der Waals surface area contributed by atoms with Gasteiger partial charge < -0.3 is 15.0 Å². The average Bonchev–Trinajstić information content (AvgIpc) is 3.26. The second-order valence-electron chi connectivity index (χ2n) is 7.26. The number of ether oxygens (including phenoxy) is 1. The second-order valence-corrected chi connectivity index (χ2v) is 7.26. The van der Waals surface area contributed by atoms with E-state index in [1.54, 1.807) is 24.1 Å². The SMILES string of the molecule is COc1ccc(CNC(=O)N2CCN(Cc3nnnn3-c3cccc(F)c3)CC2)cc1. The van der Waals surface area contributed by atoms with Crippen molar-refractivity contribution in [2.45, 2.75) is 13.1 Å². The molecule has 0 saturated carbocycles. The minimum atomic E-state index is -0.340. The molecule has 1 N–H and O–H groups in total. The molecule has 4 rings (SSSR count). The smallest absolute Gasteiger partial charge is 0.317 e. The highest BCUT2D eigenvalue weighted by Gasteiger charge is 2.22. The normalized spacial score (nSPS) is 14.5. The largest absolute Gasteiger partial charge is 0.497 e. The first kappa shape index (κ1) is 20.7. The number of carbonyl (C=O) groups is 1. The Hall–Kier alpha value is -3.53. The maximum Gasteiger partial charge on any atom is 0.317 e. The first-order chi connectivity index (χ1) is 15.1. The lowest BCUT2D eigenvalue weighted by molar-refractivity contribution is 0.133. The topological polar surface area (TPSA) is 88.4 Å². The predicted octanol–water partition coefficient (Wildman–Crippen LogP) is 1.84. The molecule has 1 aliphatic heterocycles. The Morgan fingerprint density at radius 1 is 1.13 bits per heavy atom. The number of rotatable bonds is 6. The van der Waals surface area contributed by atoms with Crippen LogP contribution in [0.4, 0.5) is 9.18 Å². The average molecular weight is 425 g/mol. The van der Waals surface area contributed by atoms with Crippen molar-refractivity contribution in [3.63, 3.8) is 0 Å². The van der Waals surface area contributed by atoms with E-state index < -0.39 is 0 Å². The maximum absolute atomic E-state index is 13.5. The molecule has 2 aromatic carbocycles. The molecule has 162 valence electrons. The predicted molar refractivity (Wildman–Crippen MR) is 111 cm³/mol. The van der Waals surface area contributed by atoms with Gasteiger partial charge in [-0.3, -0.25) is 4.90 Å². The van der Waals surface area contributed by atoms with Crippen LogP contribution in [0.25, 0.3) is 5.69 Å². The van der Waals surface area contributed by atoms with Crippen LogP contribution in [0.1, 0.15) is 11.4 Å². The number of hydrogen-bond donors (Lipinski definition) is 1. The van der Waals surface area contributed by atoms with Crippen molar-refractivity contribution >= 4 is 6.03 Å². The van der Waals surface area contributed by atoms with Crippen molar-refractivity contribution in [2.75, 3.05) is 33.3 Å². The Morgan fingerprint density at radius 3 is 2.61 bits per heavy atom. The first-order valence-electron chi connectivity index (χ1n) is 10.0. The monoisotopic (exact) mass is 425 g/mol. The van der Waals surface area contributed by atoms with E-state index in [9.17, 15) is 9.18 Å². The summed E-state index contributed by atoms with van der Waals surface area (Å²) in [4.78, 5) is 16.5. The highest BCUT2D eigenvalue weighted by Crippen LogP contribution is 2.13. The van der Waals surface area contributed by atoms with Gasteiger partial charge in [0.1, 0.15) is 11.6 Å². The van der Waals surface area contributed by atoms with Gasteiger partial charge in [0.25, 0.3) is 0 Å². The van der Waals surface area contributed by atoms with Gasteiger partial charge in [0.2, 0.25) is 0 Å².